The molecule has 128 valence electrons. The molecule has 1 atom stereocenters. The van der Waals surface area contributed by atoms with Crippen LogP contribution in [0.25, 0.3) is 0 Å². The van der Waals surface area contributed by atoms with Crippen LogP contribution in [0.3, 0.4) is 0 Å². The lowest BCUT2D eigenvalue weighted by Crippen LogP contribution is -2.40. The van der Waals surface area contributed by atoms with Gasteiger partial charge in [0.1, 0.15) is 0 Å². The number of carboxylic acids is 1. The van der Waals surface area contributed by atoms with Crippen LogP contribution in [0.2, 0.25) is 5.02 Å². The summed E-state index contributed by atoms with van der Waals surface area (Å²) in [7, 11) is 1.55. The number of carbonyl (C=O) groups excluding carboxylic acids is 1. The fraction of sp³-hybridized carbons (Fsp3) is 0.429. The summed E-state index contributed by atoms with van der Waals surface area (Å²) >= 11 is 5.50. The van der Waals surface area contributed by atoms with Gasteiger partial charge in [-0.05, 0) is 32.2 Å². The fourth-order valence-electron chi connectivity index (χ4n) is 1.73. The normalized spacial score (nSPS) is 13.0. The molecule has 0 saturated carbocycles. The molecule has 0 radical (unpaired) electrons. The molecule has 23 heavy (non-hydrogen) atoms. The molecule has 0 bridgehead atoms. The third kappa shape index (κ3) is 5.72. The van der Waals surface area contributed by atoms with E-state index in [-0.39, 0.29) is 18.7 Å². The van der Waals surface area contributed by atoms with Crippen LogP contribution in [0.15, 0.2) is 18.2 Å². The molecular formula is C14H16ClF3N2O3. The number of amides is 1. The van der Waals surface area contributed by atoms with Crippen molar-refractivity contribution in [3.8, 4) is 0 Å². The Labute approximate surface area is 136 Å². The summed E-state index contributed by atoms with van der Waals surface area (Å²) in [6, 6.07) is 2.36. The Kier molecular flexibility index (Phi) is 6.40. The van der Waals surface area contributed by atoms with E-state index in [4.69, 9.17) is 16.7 Å². The van der Waals surface area contributed by atoms with Crippen molar-refractivity contribution in [3.05, 3.63) is 28.8 Å². The van der Waals surface area contributed by atoms with Gasteiger partial charge in [0.05, 0.1) is 23.0 Å². The predicted molar refractivity (Wildman–Crippen MR) is 79.4 cm³/mol. The minimum atomic E-state index is -4.62. The number of alkyl halides is 3. The molecule has 0 spiro atoms. The molecule has 1 unspecified atom stereocenters. The topological polar surface area (TPSA) is 69.6 Å². The van der Waals surface area contributed by atoms with Crippen molar-refractivity contribution in [1.82, 2.24) is 4.90 Å². The van der Waals surface area contributed by atoms with Gasteiger partial charge in [0.25, 0.3) is 0 Å². The maximum atomic E-state index is 12.8. The third-order valence-corrected chi connectivity index (χ3v) is 3.59. The van der Waals surface area contributed by atoms with Gasteiger partial charge in [-0.25, -0.2) is 0 Å². The zero-order chi connectivity index (χ0) is 17.8. The van der Waals surface area contributed by atoms with Gasteiger partial charge in [0.15, 0.2) is 0 Å². The molecule has 1 amide bonds. The molecule has 2 N–H and O–H groups in total. The molecule has 5 nitrogen and oxygen atoms in total. The predicted octanol–water partition coefficient (Wildman–Crippen LogP) is 3.09. The number of rotatable bonds is 6. The van der Waals surface area contributed by atoms with E-state index in [9.17, 15) is 22.8 Å². The number of aliphatic carboxylic acids is 1. The van der Waals surface area contributed by atoms with Crippen molar-refractivity contribution in [1.29, 1.82) is 0 Å². The van der Waals surface area contributed by atoms with Crippen molar-refractivity contribution in [2.75, 3.05) is 18.9 Å². The lowest BCUT2D eigenvalue weighted by atomic mass is 10.1. The molecule has 0 aliphatic carbocycles. The Balaban J connectivity index is 2.79. The molecule has 0 heterocycles. The molecule has 0 fully saturated rings. The number of anilines is 1. The minimum absolute atomic E-state index is 0.0368. The second-order valence-corrected chi connectivity index (χ2v) is 5.39. The molecule has 0 aliphatic heterocycles. The summed E-state index contributed by atoms with van der Waals surface area (Å²) in [5, 5.41) is 10.5. The van der Waals surface area contributed by atoms with Gasteiger partial charge in [-0.2, -0.15) is 13.2 Å². The third-order valence-electron chi connectivity index (χ3n) is 3.26. The highest BCUT2D eigenvalue weighted by Gasteiger charge is 2.33. The Morgan fingerprint density at radius 2 is 2.00 bits per heavy atom. The number of nitrogens with zero attached hydrogens (tertiary/aromatic N) is 1. The second-order valence-electron chi connectivity index (χ2n) is 4.98. The molecule has 1 aromatic carbocycles. The average molecular weight is 353 g/mol. The number of nitrogens with one attached hydrogen (secondary N) is 1. The first-order valence-electron chi connectivity index (χ1n) is 6.62. The number of hydrogen-bond donors (Lipinski definition) is 2. The standard InChI is InChI=1S/C14H16ClF3N2O3/c1-8(20(2)6-5-12(21)22)13(23)19-9-3-4-11(15)10(7-9)14(16,17)18/h3-4,7-8H,5-6H2,1-2H3,(H,19,23)(H,21,22). The van der Waals surface area contributed by atoms with Gasteiger partial charge in [-0.3, -0.25) is 14.5 Å². The van der Waals surface area contributed by atoms with E-state index in [1.165, 1.54) is 17.9 Å². The van der Waals surface area contributed by atoms with Crippen LogP contribution in [0.4, 0.5) is 18.9 Å². The monoisotopic (exact) mass is 352 g/mol. The number of carboxylic acid groups (broad SMARTS) is 1. The number of carbonyl (C=O) groups is 2. The Bertz CT molecular complexity index is 593. The number of halogens is 4. The van der Waals surface area contributed by atoms with Crippen LogP contribution in [0.1, 0.15) is 18.9 Å². The molecular weight excluding hydrogens is 337 g/mol. The van der Waals surface area contributed by atoms with Gasteiger partial charge in [-0.15, -0.1) is 0 Å². The van der Waals surface area contributed by atoms with Crippen molar-refractivity contribution in [3.63, 3.8) is 0 Å². The summed E-state index contributed by atoms with van der Waals surface area (Å²) in [5.74, 6) is -1.55. The van der Waals surface area contributed by atoms with Crippen LogP contribution in [0.5, 0.6) is 0 Å². The van der Waals surface area contributed by atoms with E-state index < -0.39 is 34.7 Å². The summed E-state index contributed by atoms with van der Waals surface area (Å²) in [5.41, 5.74) is -1.07. The van der Waals surface area contributed by atoms with Crippen LogP contribution in [-0.2, 0) is 15.8 Å². The van der Waals surface area contributed by atoms with Gasteiger partial charge in [-0.1, -0.05) is 11.6 Å². The summed E-state index contributed by atoms with van der Waals surface area (Å²) < 4.78 is 38.3. The highest BCUT2D eigenvalue weighted by molar-refractivity contribution is 6.31. The first-order valence-corrected chi connectivity index (χ1v) is 7.00. The lowest BCUT2D eigenvalue weighted by Gasteiger charge is -2.23. The maximum absolute atomic E-state index is 12.8. The Hall–Kier alpha value is -1.80. The van der Waals surface area contributed by atoms with Crippen molar-refractivity contribution >= 4 is 29.2 Å². The lowest BCUT2D eigenvalue weighted by molar-refractivity contribution is -0.138. The van der Waals surface area contributed by atoms with Gasteiger partial charge < -0.3 is 10.4 Å². The summed E-state index contributed by atoms with van der Waals surface area (Å²) in [4.78, 5) is 24.0. The quantitative estimate of drug-likeness (QED) is 0.825. The first kappa shape index (κ1) is 19.2. The van der Waals surface area contributed by atoms with Crippen molar-refractivity contribution in [2.24, 2.45) is 0 Å². The van der Waals surface area contributed by atoms with E-state index in [1.807, 2.05) is 0 Å². The van der Waals surface area contributed by atoms with Crippen molar-refractivity contribution in [2.45, 2.75) is 25.6 Å². The smallest absolute Gasteiger partial charge is 0.417 e. The van der Waals surface area contributed by atoms with Gasteiger partial charge in [0.2, 0.25) is 5.91 Å². The Morgan fingerprint density at radius 3 is 2.52 bits per heavy atom. The van der Waals surface area contributed by atoms with Crippen LogP contribution < -0.4 is 5.32 Å². The summed E-state index contributed by atoms with van der Waals surface area (Å²) in [6.45, 7) is 1.66. The van der Waals surface area contributed by atoms with E-state index >= 15 is 0 Å². The molecule has 0 aromatic heterocycles. The molecule has 9 heteroatoms. The fourth-order valence-corrected chi connectivity index (χ4v) is 1.96. The highest BCUT2D eigenvalue weighted by Crippen LogP contribution is 2.36. The average Bonchev–Trinajstić information content (AvgIpc) is 2.44. The first-order chi connectivity index (χ1) is 10.5. The molecule has 0 aliphatic rings. The largest absolute Gasteiger partial charge is 0.481 e. The van der Waals surface area contributed by atoms with E-state index in [0.717, 1.165) is 12.1 Å². The molecule has 0 saturated heterocycles. The number of hydrogen-bond acceptors (Lipinski definition) is 3. The number of benzene rings is 1. The SMILES string of the molecule is CC(C(=O)Nc1ccc(Cl)c(C(F)(F)F)c1)N(C)CCC(=O)O. The van der Waals surface area contributed by atoms with Gasteiger partial charge >= 0.3 is 12.1 Å². The minimum Gasteiger partial charge on any atom is -0.481 e. The number of likely N-dealkylation sites (N-methyl/N-ethyl adjacent to an activating group) is 1. The molecule has 1 aromatic rings. The van der Waals surface area contributed by atoms with Crippen LogP contribution in [0, 0.1) is 0 Å². The van der Waals surface area contributed by atoms with E-state index in [2.05, 4.69) is 5.32 Å². The highest BCUT2D eigenvalue weighted by atomic mass is 35.5. The van der Waals surface area contributed by atoms with Crippen LogP contribution >= 0.6 is 11.6 Å². The molecule has 1 rings (SSSR count). The zero-order valence-electron chi connectivity index (χ0n) is 12.4. The van der Waals surface area contributed by atoms with Crippen molar-refractivity contribution < 1.29 is 27.9 Å². The Morgan fingerprint density at radius 1 is 1.39 bits per heavy atom. The summed E-state index contributed by atoms with van der Waals surface area (Å²) in [6.07, 6.45) is -4.77. The van der Waals surface area contributed by atoms with E-state index in [0.29, 0.717) is 0 Å². The van der Waals surface area contributed by atoms with E-state index in [1.54, 1.807) is 7.05 Å². The van der Waals surface area contributed by atoms with Crippen LogP contribution in [-0.4, -0.2) is 41.5 Å². The second kappa shape index (κ2) is 7.65. The maximum Gasteiger partial charge on any atom is 0.417 e. The van der Waals surface area contributed by atoms with Gasteiger partial charge in [0, 0.05) is 12.2 Å². The zero-order valence-corrected chi connectivity index (χ0v) is 13.2.